The van der Waals surface area contributed by atoms with Crippen LogP contribution in [0.1, 0.15) is 50.5 Å². The van der Waals surface area contributed by atoms with Crippen molar-refractivity contribution < 1.29 is 36.2 Å². The third-order valence-electron chi connectivity index (χ3n) is 13.5. The first-order valence-corrected chi connectivity index (χ1v) is 19.7. The average molecular weight is 790 g/mol. The number of alkyl halides is 4. The summed E-state index contributed by atoms with van der Waals surface area (Å²) in [6.45, 7) is 2.44. The number of aryl methyl sites for hydroxylation is 1. The lowest BCUT2D eigenvalue weighted by Gasteiger charge is -2.47. The zero-order chi connectivity index (χ0) is 39.5. The van der Waals surface area contributed by atoms with Crippen LogP contribution in [0.15, 0.2) is 30.5 Å². The van der Waals surface area contributed by atoms with Crippen molar-refractivity contribution in [1.29, 1.82) is 0 Å². The third kappa shape index (κ3) is 5.80. The second-order valence-corrected chi connectivity index (χ2v) is 16.8. The molecule has 1 N–H and O–H groups in total. The van der Waals surface area contributed by atoms with E-state index in [1.807, 2.05) is 0 Å². The Hall–Kier alpha value is -4.81. The monoisotopic (exact) mass is 789 g/mol. The number of ether oxygens (including phenoxy) is 1. The number of terminal acetylenes is 1. The third-order valence-corrected chi connectivity index (χ3v) is 13.5. The number of phenols is 1. The van der Waals surface area contributed by atoms with Gasteiger partial charge < -0.3 is 14.7 Å². The van der Waals surface area contributed by atoms with Crippen LogP contribution in [0.3, 0.4) is 0 Å². The largest absolute Gasteiger partial charge is 0.508 e. The number of aromatic hydroxyl groups is 1. The molecule has 3 aromatic carbocycles. The first-order valence-electron chi connectivity index (χ1n) is 19.7. The van der Waals surface area contributed by atoms with Crippen LogP contribution in [0.2, 0.25) is 0 Å². The molecule has 6 heterocycles. The fraction of sp³-hybridized carbons (Fsp3) is 0.500. The van der Waals surface area contributed by atoms with Crippen LogP contribution in [-0.2, 0) is 7.05 Å². The number of piperazine rings is 1. The molecular weight excluding hydrogens is 748 g/mol. The molecule has 10 rings (SSSR count). The molecule has 0 amide bonds. The van der Waals surface area contributed by atoms with Gasteiger partial charge in [0.1, 0.15) is 41.2 Å². The maximum absolute atomic E-state index is 17.8. The molecule has 1 saturated carbocycles. The summed E-state index contributed by atoms with van der Waals surface area (Å²) in [5.41, 5.74) is -0.426. The fourth-order valence-electron chi connectivity index (χ4n) is 10.8. The second-order valence-electron chi connectivity index (χ2n) is 16.8. The molecule has 15 heteroatoms. The molecule has 2 aromatic heterocycles. The first kappa shape index (κ1) is 36.5. The minimum atomic E-state index is -4.21. The molecule has 5 fully saturated rings. The number of rotatable bonds is 7. The molecule has 5 aromatic rings. The molecule has 298 valence electrons. The number of fused-ring (bicyclic) bond motifs is 7. The fourth-order valence-corrected chi connectivity index (χ4v) is 10.8. The van der Waals surface area contributed by atoms with Gasteiger partial charge in [-0.3, -0.25) is 14.5 Å². The van der Waals surface area contributed by atoms with Crippen LogP contribution >= 0.6 is 0 Å². The molecule has 0 radical (unpaired) electrons. The molecule has 9 nitrogen and oxygen atoms in total. The van der Waals surface area contributed by atoms with E-state index in [9.17, 15) is 22.7 Å². The van der Waals surface area contributed by atoms with Gasteiger partial charge in [-0.05, 0) is 80.1 Å². The van der Waals surface area contributed by atoms with Crippen LogP contribution in [0.5, 0.6) is 11.8 Å². The zero-order valence-electron chi connectivity index (χ0n) is 31.3. The molecule has 0 spiro atoms. The van der Waals surface area contributed by atoms with Crippen LogP contribution in [0, 0.1) is 35.8 Å². The van der Waals surface area contributed by atoms with Crippen molar-refractivity contribution in [3.05, 3.63) is 47.7 Å². The minimum absolute atomic E-state index is 0.0391. The van der Waals surface area contributed by atoms with Gasteiger partial charge in [0, 0.05) is 74.3 Å². The predicted octanol–water partition coefficient (Wildman–Crippen LogP) is 7.50. The van der Waals surface area contributed by atoms with E-state index in [2.05, 4.69) is 25.7 Å². The van der Waals surface area contributed by atoms with E-state index in [0.717, 1.165) is 32.2 Å². The highest BCUT2D eigenvalue weighted by Gasteiger charge is 2.52. The van der Waals surface area contributed by atoms with Crippen LogP contribution < -0.4 is 9.64 Å². The van der Waals surface area contributed by atoms with E-state index in [-0.39, 0.29) is 70.0 Å². The summed E-state index contributed by atoms with van der Waals surface area (Å²) in [6, 6.07) is 5.26. The van der Waals surface area contributed by atoms with E-state index >= 15 is 8.78 Å². The summed E-state index contributed by atoms with van der Waals surface area (Å²) in [5.74, 6) is -0.595. The summed E-state index contributed by atoms with van der Waals surface area (Å²) in [5, 5.41) is 17.1. The van der Waals surface area contributed by atoms with E-state index < -0.39 is 41.4 Å². The quantitative estimate of drug-likeness (QED) is 0.134. The van der Waals surface area contributed by atoms with Gasteiger partial charge in [-0.15, -0.1) is 6.42 Å². The van der Waals surface area contributed by atoms with Crippen molar-refractivity contribution in [2.75, 3.05) is 44.2 Å². The summed E-state index contributed by atoms with van der Waals surface area (Å²) in [4.78, 5) is 16.1. The van der Waals surface area contributed by atoms with Crippen molar-refractivity contribution in [2.45, 2.75) is 74.9 Å². The number of hydrogen-bond donors (Lipinski definition) is 1. The maximum atomic E-state index is 17.8. The first-order chi connectivity index (χ1) is 27.3. The number of aromatic nitrogens is 4. The van der Waals surface area contributed by atoms with Gasteiger partial charge in [0.2, 0.25) is 0 Å². The highest BCUT2D eigenvalue weighted by atomic mass is 19.4. The average Bonchev–Trinajstić information content (AvgIpc) is 3.86. The lowest BCUT2D eigenvalue weighted by Crippen LogP contribution is -2.57. The predicted molar refractivity (Wildman–Crippen MR) is 203 cm³/mol. The highest BCUT2D eigenvalue weighted by Crippen LogP contribution is 2.49. The summed E-state index contributed by atoms with van der Waals surface area (Å²) < 4.78 is 96.9. The Kier molecular flexibility index (Phi) is 8.40. The van der Waals surface area contributed by atoms with Crippen LogP contribution in [0.4, 0.5) is 32.2 Å². The Morgan fingerprint density at radius 1 is 1.02 bits per heavy atom. The number of phenolic OH excluding ortho intramolecular Hbond substituents is 1. The molecule has 4 aliphatic heterocycles. The molecule has 6 atom stereocenters. The van der Waals surface area contributed by atoms with Gasteiger partial charge >= 0.3 is 12.2 Å². The summed E-state index contributed by atoms with van der Waals surface area (Å²) >= 11 is 0. The maximum Gasteiger partial charge on any atom is 0.392 e. The number of hydrogen-bond acceptors (Lipinski definition) is 8. The molecule has 0 unspecified atom stereocenters. The van der Waals surface area contributed by atoms with E-state index in [4.69, 9.17) is 21.1 Å². The van der Waals surface area contributed by atoms with E-state index in [0.29, 0.717) is 61.0 Å². The number of benzene rings is 3. The number of halogens is 6. The van der Waals surface area contributed by atoms with E-state index in [1.165, 1.54) is 28.9 Å². The Morgan fingerprint density at radius 2 is 1.81 bits per heavy atom. The van der Waals surface area contributed by atoms with Gasteiger partial charge in [-0.2, -0.15) is 28.2 Å². The van der Waals surface area contributed by atoms with E-state index in [1.54, 1.807) is 13.2 Å². The molecule has 1 aliphatic carbocycles. The lowest BCUT2D eigenvalue weighted by molar-refractivity contribution is -0.215. The normalized spacial score (nSPS) is 27.8. The molecule has 57 heavy (non-hydrogen) atoms. The molecule has 5 aliphatic rings. The van der Waals surface area contributed by atoms with Crippen molar-refractivity contribution in [3.8, 4) is 35.2 Å². The zero-order valence-corrected chi connectivity index (χ0v) is 31.3. The topological polar surface area (TPSA) is 82.8 Å². The van der Waals surface area contributed by atoms with Gasteiger partial charge in [-0.1, -0.05) is 12.0 Å². The van der Waals surface area contributed by atoms with Gasteiger partial charge in [0.05, 0.1) is 22.4 Å². The summed E-state index contributed by atoms with van der Waals surface area (Å²) in [6.07, 6.45) is 6.60. The Morgan fingerprint density at radius 3 is 2.53 bits per heavy atom. The molecular formula is C42H41F6N7O2. The van der Waals surface area contributed by atoms with Crippen LogP contribution in [0.25, 0.3) is 43.7 Å². The van der Waals surface area contributed by atoms with Gasteiger partial charge in [0.15, 0.2) is 5.82 Å². The molecule has 2 bridgehead atoms. The number of anilines is 1. The summed E-state index contributed by atoms with van der Waals surface area (Å²) in [7, 11) is 1.69. The Bertz CT molecular complexity index is 2490. The Balaban J connectivity index is 1.13. The number of nitrogens with zero attached hydrogens (tertiary/aromatic N) is 7. The SMILES string of the molecule is C#Cc1c(F)ccc2cc(O)cc(-c3c(F)c4nc(OC[C@@]56CCCN5C[C@H](F)C6)nc(N5C[C@H]6CC[C@@H](C5)N6C[C@@H]5CC[C@H]5C(F)(F)F)c4c4cn(C)nc34)c12. The van der Waals surface area contributed by atoms with Crippen molar-refractivity contribution in [1.82, 2.24) is 29.5 Å². The lowest BCUT2D eigenvalue weighted by atomic mass is 9.72. The highest BCUT2D eigenvalue weighted by molar-refractivity contribution is 6.18. The van der Waals surface area contributed by atoms with Crippen molar-refractivity contribution in [2.24, 2.45) is 18.9 Å². The smallest absolute Gasteiger partial charge is 0.392 e. The van der Waals surface area contributed by atoms with Gasteiger partial charge in [0.25, 0.3) is 0 Å². The standard InChI is InChI=1S/C42H41F6N7O2/c1-3-28-32(44)10-6-22-13-27(56)14-29(33(22)28)34-36(45)38-35(30-20-52(2)51-37(30)34)39(50-40(49-38)57-21-41-11-4-12-54(41)17-24(43)15-41)53-18-25-7-8-26(19-53)55(25)16-23-5-9-31(23)42(46,47)48/h1,6,10,13-14,20,23-26,31,56H,4-5,7-9,11-12,15-19,21H2,2H3/t23-,24+,25-,26+,31+,41-/m0/s1. The van der Waals surface area contributed by atoms with Crippen LogP contribution in [-0.4, -0.2) is 104 Å². The van der Waals surface area contributed by atoms with Gasteiger partial charge in [-0.25, -0.2) is 13.2 Å². The van der Waals surface area contributed by atoms with Crippen molar-refractivity contribution in [3.63, 3.8) is 0 Å². The Labute approximate surface area is 324 Å². The minimum Gasteiger partial charge on any atom is -0.508 e. The van der Waals surface area contributed by atoms with Crippen molar-refractivity contribution >= 4 is 38.4 Å². The second kappa shape index (κ2) is 13.1. The molecule has 4 saturated heterocycles.